The van der Waals surface area contributed by atoms with Crippen molar-refractivity contribution in [3.8, 4) is 5.75 Å². The van der Waals surface area contributed by atoms with Gasteiger partial charge in [-0.3, -0.25) is 9.59 Å². The average molecular weight is 368 g/mol. The fourth-order valence-corrected chi connectivity index (χ4v) is 3.54. The van der Waals surface area contributed by atoms with E-state index in [1.165, 1.54) is 11.2 Å². The summed E-state index contributed by atoms with van der Waals surface area (Å²) in [4.78, 5) is 31.2. The third kappa shape index (κ3) is 3.46. The van der Waals surface area contributed by atoms with E-state index in [1.54, 1.807) is 30.3 Å². The van der Waals surface area contributed by atoms with E-state index in [9.17, 15) is 9.59 Å². The Kier molecular flexibility index (Phi) is 4.68. The zero-order valence-corrected chi connectivity index (χ0v) is 15.2. The summed E-state index contributed by atoms with van der Waals surface area (Å²) in [6, 6.07) is 9.05. The van der Waals surface area contributed by atoms with Crippen molar-refractivity contribution in [2.45, 2.75) is 0 Å². The molecule has 7 heteroatoms. The van der Waals surface area contributed by atoms with Crippen LogP contribution in [0, 0.1) is 0 Å². The van der Waals surface area contributed by atoms with E-state index in [0.29, 0.717) is 31.0 Å². The predicted octanol–water partition coefficient (Wildman–Crippen LogP) is 0.993. The summed E-state index contributed by atoms with van der Waals surface area (Å²) in [5, 5.41) is 0.880. The molecule has 0 spiro atoms. The Morgan fingerprint density at radius 3 is 2.78 bits per heavy atom. The van der Waals surface area contributed by atoms with Gasteiger partial charge < -0.3 is 23.9 Å². The van der Waals surface area contributed by atoms with Crippen LogP contribution in [-0.4, -0.2) is 61.4 Å². The van der Waals surface area contributed by atoms with Crippen molar-refractivity contribution < 1.29 is 23.6 Å². The van der Waals surface area contributed by atoms with Crippen molar-refractivity contribution in [2.75, 3.05) is 39.8 Å². The lowest BCUT2D eigenvalue weighted by molar-refractivity contribution is -0.895. The predicted molar refractivity (Wildman–Crippen MR) is 99.4 cm³/mol. The number of furan rings is 1. The third-order valence-corrected chi connectivity index (χ3v) is 5.09. The number of nitrogens with zero attached hydrogens (tertiary/aromatic N) is 1. The van der Waals surface area contributed by atoms with Gasteiger partial charge in [0.15, 0.2) is 5.76 Å². The van der Waals surface area contributed by atoms with Gasteiger partial charge in [-0.15, -0.1) is 0 Å². The molecule has 1 saturated heterocycles. The first-order valence-corrected chi connectivity index (χ1v) is 9.00. The van der Waals surface area contributed by atoms with Crippen LogP contribution in [0.3, 0.4) is 0 Å². The van der Waals surface area contributed by atoms with Gasteiger partial charge >= 0.3 is 0 Å². The zero-order chi connectivity index (χ0) is 18.8. The minimum atomic E-state index is -0.0888. The molecule has 0 atom stereocenters. The third-order valence-electron chi connectivity index (χ3n) is 5.09. The van der Waals surface area contributed by atoms with Crippen LogP contribution >= 0.6 is 0 Å². The molecule has 0 aliphatic carbocycles. The molecule has 1 fully saturated rings. The van der Waals surface area contributed by atoms with Crippen molar-refractivity contribution >= 4 is 22.6 Å². The molecular weight excluding hydrogens is 346 g/mol. The van der Waals surface area contributed by atoms with E-state index in [4.69, 9.17) is 9.15 Å². The topological polar surface area (TPSA) is 80.0 Å². The van der Waals surface area contributed by atoms with Crippen LogP contribution in [0.5, 0.6) is 5.75 Å². The highest BCUT2D eigenvalue weighted by molar-refractivity contribution is 6.08. The number of rotatable bonds is 5. The number of amides is 1. The van der Waals surface area contributed by atoms with E-state index in [1.807, 2.05) is 18.2 Å². The quantitative estimate of drug-likeness (QED) is 0.659. The second kappa shape index (κ2) is 7.28. The van der Waals surface area contributed by atoms with Crippen molar-refractivity contribution in [2.24, 2.45) is 0 Å². The van der Waals surface area contributed by atoms with Crippen LogP contribution in [0.4, 0.5) is 0 Å². The number of methoxy groups -OCH3 is 1. The summed E-state index contributed by atoms with van der Waals surface area (Å²) < 4.78 is 10.4. The number of hydrogen-bond acceptors (Lipinski definition) is 4. The fraction of sp³-hybridized carbons (Fsp3) is 0.300. The number of Topliss-reactive ketones (excluding diaryl/α,β-unsaturated/α-hetero) is 1. The van der Waals surface area contributed by atoms with Gasteiger partial charge in [-0.05, 0) is 30.3 Å². The lowest BCUT2D eigenvalue weighted by Crippen LogP contribution is -3.15. The zero-order valence-electron chi connectivity index (χ0n) is 15.2. The SMILES string of the molecule is COc1ccc2[nH]cc(C(=O)C[NH+]3CCN(C(=O)c4ccco4)CC3)c2c1. The molecule has 1 amide bonds. The highest BCUT2D eigenvalue weighted by Crippen LogP contribution is 2.23. The first kappa shape index (κ1) is 17.4. The normalized spacial score (nSPS) is 15.2. The molecule has 2 aromatic heterocycles. The molecule has 7 nitrogen and oxygen atoms in total. The molecule has 3 heterocycles. The number of hydrogen-bond donors (Lipinski definition) is 2. The molecule has 140 valence electrons. The average Bonchev–Trinajstić information content (AvgIpc) is 3.37. The molecule has 2 N–H and O–H groups in total. The lowest BCUT2D eigenvalue weighted by atomic mass is 10.1. The molecule has 27 heavy (non-hydrogen) atoms. The number of benzene rings is 1. The van der Waals surface area contributed by atoms with Gasteiger partial charge in [-0.1, -0.05) is 0 Å². The molecule has 1 aliphatic rings. The Morgan fingerprint density at radius 1 is 1.26 bits per heavy atom. The summed E-state index contributed by atoms with van der Waals surface area (Å²) in [5.41, 5.74) is 1.61. The minimum absolute atomic E-state index is 0.0888. The van der Waals surface area contributed by atoms with Crippen molar-refractivity contribution in [3.63, 3.8) is 0 Å². The minimum Gasteiger partial charge on any atom is -0.497 e. The summed E-state index contributed by atoms with van der Waals surface area (Å²) >= 11 is 0. The van der Waals surface area contributed by atoms with Crippen LogP contribution in [-0.2, 0) is 0 Å². The molecular formula is C20H22N3O4+. The maximum atomic E-state index is 12.8. The van der Waals surface area contributed by atoms with Gasteiger partial charge in [-0.25, -0.2) is 0 Å². The highest BCUT2D eigenvalue weighted by Gasteiger charge is 2.27. The van der Waals surface area contributed by atoms with E-state index in [0.717, 1.165) is 29.7 Å². The van der Waals surface area contributed by atoms with E-state index in [-0.39, 0.29) is 11.7 Å². The number of piperazine rings is 1. The number of carbonyl (C=O) groups is 2. The molecule has 3 aromatic rings. The Hall–Kier alpha value is -3.06. The van der Waals surface area contributed by atoms with Gasteiger partial charge in [-0.2, -0.15) is 0 Å². The number of aromatic nitrogens is 1. The van der Waals surface area contributed by atoms with E-state index < -0.39 is 0 Å². The molecule has 4 rings (SSSR count). The van der Waals surface area contributed by atoms with Crippen LogP contribution < -0.4 is 9.64 Å². The van der Waals surface area contributed by atoms with E-state index in [2.05, 4.69) is 4.98 Å². The first-order chi connectivity index (χ1) is 13.2. The number of ether oxygens (including phenoxy) is 1. The van der Waals surface area contributed by atoms with Gasteiger partial charge in [0.1, 0.15) is 12.3 Å². The molecule has 0 radical (unpaired) electrons. The fourth-order valence-electron chi connectivity index (χ4n) is 3.54. The Labute approximate surface area is 156 Å². The van der Waals surface area contributed by atoms with Crippen LogP contribution in [0.1, 0.15) is 20.9 Å². The molecule has 0 unspecified atom stereocenters. The van der Waals surface area contributed by atoms with Gasteiger partial charge in [0, 0.05) is 22.7 Å². The largest absolute Gasteiger partial charge is 0.497 e. The first-order valence-electron chi connectivity index (χ1n) is 9.00. The molecule has 1 aromatic carbocycles. The number of carbonyl (C=O) groups excluding carboxylic acids is 2. The second-order valence-electron chi connectivity index (χ2n) is 6.73. The van der Waals surface area contributed by atoms with Gasteiger partial charge in [0.05, 0.1) is 39.6 Å². The summed E-state index contributed by atoms with van der Waals surface area (Å²) in [7, 11) is 1.61. The highest BCUT2D eigenvalue weighted by atomic mass is 16.5. The van der Waals surface area contributed by atoms with Crippen molar-refractivity contribution in [3.05, 3.63) is 54.1 Å². The van der Waals surface area contributed by atoms with E-state index >= 15 is 0 Å². The maximum Gasteiger partial charge on any atom is 0.289 e. The number of quaternary nitrogens is 1. The number of fused-ring (bicyclic) bond motifs is 1. The molecule has 0 bridgehead atoms. The number of aromatic amines is 1. The number of ketones is 1. The Bertz CT molecular complexity index is 953. The van der Waals surface area contributed by atoms with Gasteiger partial charge in [0.25, 0.3) is 5.91 Å². The number of nitrogens with one attached hydrogen (secondary N) is 2. The van der Waals surface area contributed by atoms with Crippen LogP contribution in [0.15, 0.2) is 47.2 Å². The van der Waals surface area contributed by atoms with Crippen LogP contribution in [0.25, 0.3) is 10.9 Å². The summed E-state index contributed by atoms with van der Waals surface area (Å²) in [5.74, 6) is 1.10. The number of H-pyrrole nitrogens is 1. The smallest absolute Gasteiger partial charge is 0.289 e. The van der Waals surface area contributed by atoms with Crippen molar-refractivity contribution in [1.29, 1.82) is 0 Å². The van der Waals surface area contributed by atoms with Gasteiger partial charge in [0.2, 0.25) is 5.78 Å². The van der Waals surface area contributed by atoms with Crippen LogP contribution in [0.2, 0.25) is 0 Å². The second-order valence-corrected chi connectivity index (χ2v) is 6.73. The Balaban J connectivity index is 1.39. The maximum absolute atomic E-state index is 12.8. The summed E-state index contributed by atoms with van der Waals surface area (Å²) in [6.07, 6.45) is 3.27. The summed E-state index contributed by atoms with van der Waals surface area (Å²) in [6.45, 7) is 3.12. The van der Waals surface area contributed by atoms with Crippen molar-refractivity contribution in [1.82, 2.24) is 9.88 Å². The monoisotopic (exact) mass is 368 g/mol. The standard InChI is InChI=1S/C20H21N3O4/c1-26-14-4-5-17-15(11-14)16(12-21-17)18(24)13-22-6-8-23(9-7-22)20(25)19-3-2-10-27-19/h2-5,10-12,21H,6-9,13H2,1H3/p+1. The molecule has 1 aliphatic heterocycles. The lowest BCUT2D eigenvalue weighted by Gasteiger charge is -2.31. The Morgan fingerprint density at radius 2 is 2.07 bits per heavy atom. The molecule has 0 saturated carbocycles.